The number of halogens is 4. The molecule has 30 heavy (non-hydrogen) atoms. The second-order valence-corrected chi connectivity index (χ2v) is 6.37. The fourth-order valence-corrected chi connectivity index (χ4v) is 2.94. The minimum absolute atomic E-state index is 0.192. The first-order chi connectivity index (χ1) is 14.2. The maximum Gasteiger partial charge on any atom is 0.442 e. The fraction of sp³-hybridized carbons (Fsp3) is 0.250. The molecular formula is C20H17F4N3O3. The van der Waals surface area contributed by atoms with Gasteiger partial charge in [0.25, 0.3) is 5.91 Å². The van der Waals surface area contributed by atoms with E-state index in [1.807, 2.05) is 0 Å². The average molecular weight is 423 g/mol. The molecule has 1 aliphatic heterocycles. The number of amides is 2. The van der Waals surface area contributed by atoms with E-state index in [2.05, 4.69) is 9.73 Å². The van der Waals surface area contributed by atoms with Crippen LogP contribution >= 0.6 is 0 Å². The van der Waals surface area contributed by atoms with Gasteiger partial charge in [0.2, 0.25) is 0 Å². The summed E-state index contributed by atoms with van der Waals surface area (Å²) in [6.45, 7) is 0.910. The van der Waals surface area contributed by atoms with Crippen LogP contribution in [0.3, 0.4) is 0 Å². The molecular weight excluding hydrogens is 406 g/mol. The van der Waals surface area contributed by atoms with Crippen LogP contribution in [0.1, 0.15) is 18.1 Å². The summed E-state index contributed by atoms with van der Waals surface area (Å²) in [5.74, 6) is -2.30. The molecule has 10 heteroatoms. The van der Waals surface area contributed by atoms with Crippen molar-refractivity contribution in [2.24, 2.45) is 4.99 Å². The van der Waals surface area contributed by atoms with Crippen LogP contribution in [0.2, 0.25) is 0 Å². The van der Waals surface area contributed by atoms with Gasteiger partial charge in [0.1, 0.15) is 11.7 Å². The Labute approximate surface area is 169 Å². The molecule has 1 heterocycles. The van der Waals surface area contributed by atoms with Crippen LogP contribution in [0.5, 0.6) is 0 Å². The van der Waals surface area contributed by atoms with Gasteiger partial charge in [-0.05, 0) is 24.6 Å². The standard InChI is InChI=1S/C20H17F4N3O3/c1-2-30-18(29)26-19(20(22,23)24)17(28)27(12-13-8-10-15(21)11-9-13)16(25-19)14-6-4-3-5-7-14/h3-11H,2,12H2,1H3,(H,26,29). The Hall–Kier alpha value is -3.43. The van der Waals surface area contributed by atoms with E-state index in [9.17, 15) is 27.2 Å². The van der Waals surface area contributed by atoms with Crippen LogP contribution in [0.15, 0.2) is 59.6 Å². The monoisotopic (exact) mass is 423 g/mol. The van der Waals surface area contributed by atoms with Gasteiger partial charge in [-0.15, -0.1) is 0 Å². The molecule has 0 spiro atoms. The zero-order valence-electron chi connectivity index (χ0n) is 15.7. The molecule has 2 amide bonds. The van der Waals surface area contributed by atoms with Gasteiger partial charge in [-0.25, -0.2) is 14.2 Å². The number of nitrogens with zero attached hydrogens (tertiary/aromatic N) is 2. The summed E-state index contributed by atoms with van der Waals surface area (Å²) >= 11 is 0. The van der Waals surface area contributed by atoms with Crippen LogP contribution in [-0.2, 0) is 16.1 Å². The largest absolute Gasteiger partial charge is 0.450 e. The van der Waals surface area contributed by atoms with Crippen molar-refractivity contribution in [3.63, 3.8) is 0 Å². The zero-order valence-corrected chi connectivity index (χ0v) is 15.7. The molecule has 0 fully saturated rings. The minimum atomic E-state index is -5.24. The van der Waals surface area contributed by atoms with Crippen LogP contribution in [0.25, 0.3) is 0 Å². The molecule has 1 N–H and O–H groups in total. The van der Waals surface area contributed by atoms with E-state index in [1.54, 1.807) is 23.5 Å². The predicted octanol–water partition coefficient (Wildman–Crippen LogP) is 3.62. The maximum atomic E-state index is 14.0. The van der Waals surface area contributed by atoms with Crippen LogP contribution < -0.4 is 5.32 Å². The van der Waals surface area contributed by atoms with Gasteiger partial charge in [0.15, 0.2) is 0 Å². The number of alkyl carbamates (subject to hydrolysis) is 1. The van der Waals surface area contributed by atoms with E-state index in [1.165, 1.54) is 31.2 Å². The number of carbonyl (C=O) groups is 2. The number of ether oxygens (including phenoxy) is 1. The SMILES string of the molecule is CCOC(=O)NC1(C(F)(F)F)N=C(c2ccccc2)N(Cc2ccc(F)cc2)C1=O. The molecule has 6 nitrogen and oxygen atoms in total. The van der Waals surface area contributed by atoms with Crippen LogP contribution in [-0.4, -0.2) is 41.2 Å². The Morgan fingerprint density at radius 3 is 2.33 bits per heavy atom. The van der Waals surface area contributed by atoms with E-state index in [0.29, 0.717) is 5.56 Å². The minimum Gasteiger partial charge on any atom is -0.450 e. The average Bonchev–Trinajstić information content (AvgIpc) is 2.97. The summed E-state index contributed by atoms with van der Waals surface area (Å²) in [5, 5.41) is 1.58. The molecule has 1 atom stereocenters. The lowest BCUT2D eigenvalue weighted by molar-refractivity contribution is -0.197. The van der Waals surface area contributed by atoms with Crippen molar-refractivity contribution in [3.05, 3.63) is 71.5 Å². The van der Waals surface area contributed by atoms with Gasteiger partial charge in [-0.3, -0.25) is 15.0 Å². The van der Waals surface area contributed by atoms with Crippen molar-refractivity contribution in [3.8, 4) is 0 Å². The summed E-state index contributed by atoms with van der Waals surface area (Å²) in [5.41, 5.74) is -2.92. The smallest absolute Gasteiger partial charge is 0.442 e. The van der Waals surface area contributed by atoms with E-state index in [-0.39, 0.29) is 24.6 Å². The molecule has 158 valence electrons. The number of carbonyl (C=O) groups excluding carboxylic acids is 2. The maximum absolute atomic E-state index is 14.0. The molecule has 1 aliphatic rings. The summed E-state index contributed by atoms with van der Waals surface area (Å²) in [4.78, 5) is 29.3. The lowest BCUT2D eigenvalue weighted by Gasteiger charge is -2.28. The van der Waals surface area contributed by atoms with Crippen LogP contribution in [0, 0.1) is 5.82 Å². The molecule has 0 saturated carbocycles. The topological polar surface area (TPSA) is 71.0 Å². The van der Waals surface area contributed by atoms with Crippen molar-refractivity contribution in [1.29, 1.82) is 0 Å². The third kappa shape index (κ3) is 3.98. The van der Waals surface area contributed by atoms with E-state index in [0.717, 1.165) is 17.0 Å². The molecule has 0 saturated heterocycles. The zero-order chi connectivity index (χ0) is 21.9. The van der Waals surface area contributed by atoms with E-state index < -0.39 is 29.7 Å². The second-order valence-electron chi connectivity index (χ2n) is 6.37. The summed E-state index contributed by atoms with van der Waals surface area (Å²) in [6.07, 6.45) is -6.67. The van der Waals surface area contributed by atoms with Gasteiger partial charge in [-0.2, -0.15) is 13.2 Å². The number of hydrogen-bond donors (Lipinski definition) is 1. The quantitative estimate of drug-likeness (QED) is 0.747. The lowest BCUT2D eigenvalue weighted by atomic mass is 10.1. The molecule has 3 rings (SSSR count). The Morgan fingerprint density at radius 2 is 1.77 bits per heavy atom. The first kappa shape index (κ1) is 21.3. The molecule has 2 aromatic carbocycles. The van der Waals surface area contributed by atoms with Gasteiger partial charge in [0, 0.05) is 5.56 Å². The number of rotatable bonds is 5. The molecule has 0 bridgehead atoms. The number of aliphatic imine (C=N–C) groups is 1. The molecule has 1 unspecified atom stereocenters. The number of benzene rings is 2. The van der Waals surface area contributed by atoms with Crippen molar-refractivity contribution in [2.45, 2.75) is 25.3 Å². The van der Waals surface area contributed by atoms with Gasteiger partial charge < -0.3 is 4.74 Å². The van der Waals surface area contributed by atoms with Crippen molar-refractivity contribution < 1.29 is 31.9 Å². The summed E-state index contributed by atoms with van der Waals surface area (Å²) in [7, 11) is 0. The highest BCUT2D eigenvalue weighted by atomic mass is 19.4. The number of alkyl halides is 3. The highest BCUT2D eigenvalue weighted by Gasteiger charge is 2.67. The van der Waals surface area contributed by atoms with E-state index in [4.69, 9.17) is 0 Å². The fourth-order valence-electron chi connectivity index (χ4n) is 2.94. The lowest BCUT2D eigenvalue weighted by Crippen LogP contribution is -2.63. The molecule has 2 aromatic rings. The number of amidine groups is 1. The molecule has 0 radical (unpaired) electrons. The van der Waals surface area contributed by atoms with Crippen molar-refractivity contribution in [1.82, 2.24) is 10.2 Å². The van der Waals surface area contributed by atoms with Crippen molar-refractivity contribution in [2.75, 3.05) is 6.61 Å². The summed E-state index contributed by atoms with van der Waals surface area (Å²) < 4.78 is 59.9. The highest BCUT2D eigenvalue weighted by Crippen LogP contribution is 2.39. The normalized spacial score (nSPS) is 18.9. The molecule has 0 aromatic heterocycles. The van der Waals surface area contributed by atoms with Crippen LogP contribution in [0.4, 0.5) is 22.4 Å². The Balaban J connectivity index is 2.09. The van der Waals surface area contributed by atoms with Gasteiger partial charge >= 0.3 is 17.9 Å². The van der Waals surface area contributed by atoms with Gasteiger partial charge in [0.05, 0.1) is 13.2 Å². The second kappa shape index (κ2) is 8.13. The molecule has 0 aliphatic carbocycles. The Morgan fingerprint density at radius 1 is 1.13 bits per heavy atom. The Kier molecular flexibility index (Phi) is 5.77. The highest BCUT2D eigenvalue weighted by molar-refractivity contribution is 6.16. The Bertz CT molecular complexity index is 962. The first-order valence-corrected chi connectivity index (χ1v) is 8.91. The third-order valence-corrected chi connectivity index (χ3v) is 4.34. The predicted molar refractivity (Wildman–Crippen MR) is 98.9 cm³/mol. The third-order valence-electron chi connectivity index (χ3n) is 4.34. The van der Waals surface area contributed by atoms with Gasteiger partial charge in [-0.1, -0.05) is 42.5 Å². The number of nitrogens with one attached hydrogen (secondary N) is 1. The first-order valence-electron chi connectivity index (χ1n) is 8.91. The summed E-state index contributed by atoms with van der Waals surface area (Å²) in [6, 6.07) is 12.7. The van der Waals surface area contributed by atoms with Crippen molar-refractivity contribution >= 4 is 17.8 Å². The number of hydrogen-bond acceptors (Lipinski definition) is 4. The van der Waals surface area contributed by atoms with E-state index >= 15 is 0 Å².